The normalized spacial score (nSPS) is 10.2. The van der Waals surface area contributed by atoms with Gasteiger partial charge in [0.2, 0.25) is 0 Å². The molecule has 0 unspecified atom stereocenters. The molecule has 0 saturated heterocycles. The lowest BCUT2D eigenvalue weighted by Crippen LogP contribution is -2.12. The molecule has 0 spiro atoms. The second-order valence-electron chi connectivity index (χ2n) is 4.91. The first kappa shape index (κ1) is 17.6. The standard InChI is InChI=1S/C18H20INO3/c1-3-10-23-16-9-8-13(11-17(16)22-4-2)18(21)20-15-7-5-6-14(19)12-15/h5-9,11-12H,3-4,10H2,1-2H3,(H,20,21). The zero-order valence-corrected chi connectivity index (χ0v) is 15.4. The molecule has 0 radical (unpaired) electrons. The summed E-state index contributed by atoms with van der Waals surface area (Å²) >= 11 is 2.21. The molecule has 1 N–H and O–H groups in total. The van der Waals surface area contributed by atoms with E-state index in [0.717, 1.165) is 15.7 Å². The van der Waals surface area contributed by atoms with E-state index in [9.17, 15) is 4.79 Å². The molecule has 5 heteroatoms. The lowest BCUT2D eigenvalue weighted by atomic mass is 10.2. The molecule has 0 aliphatic rings. The summed E-state index contributed by atoms with van der Waals surface area (Å²) in [6.07, 6.45) is 0.917. The maximum Gasteiger partial charge on any atom is 0.255 e. The van der Waals surface area contributed by atoms with Crippen molar-refractivity contribution in [2.75, 3.05) is 18.5 Å². The minimum absolute atomic E-state index is 0.171. The van der Waals surface area contributed by atoms with Crippen LogP contribution in [0.4, 0.5) is 5.69 Å². The van der Waals surface area contributed by atoms with Crippen LogP contribution in [0.3, 0.4) is 0 Å². The third kappa shape index (κ3) is 5.13. The fourth-order valence-electron chi connectivity index (χ4n) is 2.02. The zero-order chi connectivity index (χ0) is 16.7. The minimum Gasteiger partial charge on any atom is -0.490 e. The van der Waals surface area contributed by atoms with E-state index in [4.69, 9.17) is 9.47 Å². The van der Waals surface area contributed by atoms with Gasteiger partial charge in [-0.2, -0.15) is 0 Å². The average molecular weight is 425 g/mol. The summed E-state index contributed by atoms with van der Waals surface area (Å²) in [7, 11) is 0. The van der Waals surface area contributed by atoms with Crippen LogP contribution >= 0.6 is 22.6 Å². The Bertz CT molecular complexity index is 673. The van der Waals surface area contributed by atoms with E-state index in [1.807, 2.05) is 38.1 Å². The predicted molar refractivity (Wildman–Crippen MR) is 101 cm³/mol. The molecule has 2 aromatic rings. The van der Waals surface area contributed by atoms with Gasteiger partial charge in [-0.25, -0.2) is 0 Å². The van der Waals surface area contributed by atoms with Gasteiger partial charge in [-0.1, -0.05) is 13.0 Å². The monoisotopic (exact) mass is 425 g/mol. The van der Waals surface area contributed by atoms with Crippen molar-refractivity contribution >= 4 is 34.2 Å². The van der Waals surface area contributed by atoms with Gasteiger partial charge in [0.25, 0.3) is 5.91 Å². The van der Waals surface area contributed by atoms with Gasteiger partial charge >= 0.3 is 0 Å². The number of halogens is 1. The number of benzene rings is 2. The third-order valence-corrected chi connectivity index (χ3v) is 3.72. The zero-order valence-electron chi connectivity index (χ0n) is 13.3. The molecule has 0 fully saturated rings. The Morgan fingerprint density at radius 3 is 2.61 bits per heavy atom. The molecule has 0 bridgehead atoms. The van der Waals surface area contributed by atoms with Crippen LogP contribution in [0.1, 0.15) is 30.6 Å². The van der Waals surface area contributed by atoms with E-state index in [2.05, 4.69) is 27.9 Å². The van der Waals surface area contributed by atoms with E-state index in [-0.39, 0.29) is 5.91 Å². The van der Waals surface area contributed by atoms with Crippen LogP contribution in [0, 0.1) is 3.57 Å². The van der Waals surface area contributed by atoms with Crippen molar-refractivity contribution in [1.29, 1.82) is 0 Å². The van der Waals surface area contributed by atoms with Gasteiger partial charge in [0.05, 0.1) is 13.2 Å². The first-order valence-corrected chi connectivity index (χ1v) is 8.68. The highest BCUT2D eigenvalue weighted by Crippen LogP contribution is 2.29. The summed E-state index contributed by atoms with van der Waals surface area (Å²) < 4.78 is 12.3. The Kier molecular flexibility index (Phi) is 6.70. The molecule has 0 heterocycles. The quantitative estimate of drug-likeness (QED) is 0.653. The first-order valence-electron chi connectivity index (χ1n) is 7.60. The number of carbonyl (C=O) groups is 1. The van der Waals surface area contributed by atoms with E-state index >= 15 is 0 Å². The van der Waals surface area contributed by atoms with E-state index in [1.54, 1.807) is 18.2 Å². The predicted octanol–water partition coefficient (Wildman–Crippen LogP) is 4.73. The van der Waals surface area contributed by atoms with Gasteiger partial charge in [0.15, 0.2) is 11.5 Å². The smallest absolute Gasteiger partial charge is 0.255 e. The Morgan fingerprint density at radius 2 is 1.91 bits per heavy atom. The number of amides is 1. The van der Waals surface area contributed by atoms with Crippen LogP contribution in [0.15, 0.2) is 42.5 Å². The SMILES string of the molecule is CCCOc1ccc(C(=O)Nc2cccc(I)c2)cc1OCC. The van der Waals surface area contributed by atoms with Crippen LogP contribution in [0.25, 0.3) is 0 Å². The van der Waals surface area contributed by atoms with Crippen LogP contribution in [0.5, 0.6) is 11.5 Å². The lowest BCUT2D eigenvalue weighted by Gasteiger charge is -2.13. The molecule has 0 aliphatic carbocycles. The summed E-state index contributed by atoms with van der Waals surface area (Å²) in [4.78, 5) is 12.4. The molecule has 23 heavy (non-hydrogen) atoms. The van der Waals surface area contributed by atoms with Crippen molar-refractivity contribution in [3.8, 4) is 11.5 Å². The summed E-state index contributed by atoms with van der Waals surface area (Å²) in [5, 5.41) is 2.89. The van der Waals surface area contributed by atoms with Crippen molar-refractivity contribution in [3.05, 3.63) is 51.6 Å². The Morgan fingerprint density at radius 1 is 1.09 bits per heavy atom. The second kappa shape index (κ2) is 8.76. The molecule has 2 rings (SSSR count). The van der Waals surface area contributed by atoms with Crippen LogP contribution < -0.4 is 14.8 Å². The highest BCUT2D eigenvalue weighted by molar-refractivity contribution is 14.1. The Labute approximate surface area is 150 Å². The van der Waals surface area contributed by atoms with Gasteiger partial charge in [-0.05, 0) is 72.3 Å². The van der Waals surface area contributed by atoms with Crippen LogP contribution in [0.2, 0.25) is 0 Å². The highest BCUT2D eigenvalue weighted by Gasteiger charge is 2.12. The molecular formula is C18H20INO3. The lowest BCUT2D eigenvalue weighted by molar-refractivity contribution is 0.102. The molecular weight excluding hydrogens is 405 g/mol. The number of ether oxygens (including phenoxy) is 2. The fourth-order valence-corrected chi connectivity index (χ4v) is 2.56. The van der Waals surface area contributed by atoms with Gasteiger partial charge < -0.3 is 14.8 Å². The largest absolute Gasteiger partial charge is 0.490 e. The Hall–Kier alpha value is -1.76. The number of nitrogens with one attached hydrogen (secondary N) is 1. The molecule has 0 saturated carbocycles. The fraction of sp³-hybridized carbons (Fsp3) is 0.278. The summed E-state index contributed by atoms with van der Waals surface area (Å²) in [6.45, 7) is 5.09. The van der Waals surface area contributed by atoms with Crippen molar-refractivity contribution in [2.45, 2.75) is 20.3 Å². The molecule has 0 aliphatic heterocycles. The van der Waals surface area contributed by atoms with Crippen molar-refractivity contribution in [2.24, 2.45) is 0 Å². The van der Waals surface area contributed by atoms with Crippen LogP contribution in [-0.2, 0) is 0 Å². The summed E-state index contributed by atoms with van der Waals surface area (Å²) in [6, 6.07) is 12.9. The molecule has 122 valence electrons. The topological polar surface area (TPSA) is 47.6 Å². The third-order valence-electron chi connectivity index (χ3n) is 3.05. The summed E-state index contributed by atoms with van der Waals surface area (Å²) in [5.41, 5.74) is 1.31. The van der Waals surface area contributed by atoms with E-state index < -0.39 is 0 Å². The minimum atomic E-state index is -0.171. The number of rotatable bonds is 7. The molecule has 0 atom stereocenters. The Balaban J connectivity index is 2.17. The van der Waals surface area contributed by atoms with E-state index in [1.165, 1.54) is 0 Å². The van der Waals surface area contributed by atoms with Crippen molar-refractivity contribution in [3.63, 3.8) is 0 Å². The second-order valence-corrected chi connectivity index (χ2v) is 6.15. The molecule has 4 nitrogen and oxygen atoms in total. The van der Waals surface area contributed by atoms with Gasteiger partial charge in [-0.3, -0.25) is 4.79 Å². The van der Waals surface area contributed by atoms with Crippen molar-refractivity contribution < 1.29 is 14.3 Å². The highest BCUT2D eigenvalue weighted by atomic mass is 127. The summed E-state index contributed by atoms with van der Waals surface area (Å²) in [5.74, 6) is 1.09. The molecule has 2 aromatic carbocycles. The van der Waals surface area contributed by atoms with E-state index in [0.29, 0.717) is 30.3 Å². The van der Waals surface area contributed by atoms with Gasteiger partial charge in [0, 0.05) is 14.8 Å². The molecule has 1 amide bonds. The van der Waals surface area contributed by atoms with Crippen molar-refractivity contribution in [1.82, 2.24) is 0 Å². The maximum absolute atomic E-state index is 12.4. The number of anilines is 1. The average Bonchev–Trinajstić information content (AvgIpc) is 2.54. The first-order chi connectivity index (χ1) is 11.1. The number of hydrogen-bond acceptors (Lipinski definition) is 3. The van der Waals surface area contributed by atoms with Gasteiger partial charge in [0.1, 0.15) is 0 Å². The number of hydrogen-bond donors (Lipinski definition) is 1. The number of carbonyl (C=O) groups excluding carboxylic acids is 1. The van der Waals surface area contributed by atoms with Gasteiger partial charge in [-0.15, -0.1) is 0 Å². The van der Waals surface area contributed by atoms with Crippen LogP contribution in [-0.4, -0.2) is 19.1 Å². The molecule has 0 aromatic heterocycles. The maximum atomic E-state index is 12.4.